The number of hydrogen-bond donors (Lipinski definition) is 1. The maximum Gasteiger partial charge on any atom is 0.243 e. The van der Waals surface area contributed by atoms with E-state index in [-0.39, 0.29) is 17.9 Å². The summed E-state index contributed by atoms with van der Waals surface area (Å²) in [5.74, 6) is 0.545. The SMILES string of the molecule is Cc1ccc(S(=O)(=O)N2CCC(C(=O)N[C@H](C)COc3ccccc3)CC2)cc1. The molecule has 1 heterocycles. The Balaban J connectivity index is 1.48. The van der Waals surface area contributed by atoms with E-state index in [4.69, 9.17) is 4.74 Å². The quantitative estimate of drug-likeness (QED) is 0.753. The van der Waals surface area contributed by atoms with Crippen molar-refractivity contribution in [2.75, 3.05) is 19.7 Å². The van der Waals surface area contributed by atoms with E-state index in [1.165, 1.54) is 4.31 Å². The van der Waals surface area contributed by atoms with Crippen LogP contribution in [0.4, 0.5) is 0 Å². The number of aryl methyl sites for hydroxylation is 1. The van der Waals surface area contributed by atoms with E-state index in [2.05, 4.69) is 5.32 Å². The Morgan fingerprint density at radius 2 is 1.72 bits per heavy atom. The largest absolute Gasteiger partial charge is 0.491 e. The van der Waals surface area contributed by atoms with Gasteiger partial charge in [0.1, 0.15) is 12.4 Å². The van der Waals surface area contributed by atoms with Crippen LogP contribution in [0.3, 0.4) is 0 Å². The molecule has 1 atom stereocenters. The number of nitrogens with zero attached hydrogens (tertiary/aromatic N) is 1. The number of sulfonamides is 1. The summed E-state index contributed by atoms with van der Waals surface area (Å²) < 4.78 is 32.7. The standard InChI is InChI=1S/C22H28N2O4S/c1-17-8-10-21(11-9-17)29(26,27)24-14-12-19(13-15-24)22(25)23-18(2)16-28-20-6-4-3-5-7-20/h3-11,18-19H,12-16H2,1-2H3,(H,23,25)/t18-/m1/s1. The Hall–Kier alpha value is -2.38. The van der Waals surface area contributed by atoms with Crippen molar-refractivity contribution >= 4 is 15.9 Å². The second-order valence-corrected chi connectivity index (χ2v) is 9.46. The predicted molar refractivity (Wildman–Crippen MR) is 112 cm³/mol. The molecule has 6 nitrogen and oxygen atoms in total. The summed E-state index contributed by atoms with van der Waals surface area (Å²) in [6.45, 7) is 4.91. The zero-order chi connectivity index (χ0) is 20.9. The number of rotatable bonds is 7. The fourth-order valence-electron chi connectivity index (χ4n) is 3.36. The summed E-state index contributed by atoms with van der Waals surface area (Å²) >= 11 is 0. The van der Waals surface area contributed by atoms with Gasteiger partial charge < -0.3 is 10.1 Å². The Labute approximate surface area is 172 Å². The minimum absolute atomic E-state index is 0.0402. The van der Waals surface area contributed by atoms with Crippen molar-refractivity contribution in [2.45, 2.75) is 37.6 Å². The molecule has 2 aromatic carbocycles. The molecule has 2 aromatic rings. The molecule has 1 aliphatic heterocycles. The van der Waals surface area contributed by atoms with Crippen LogP contribution in [0.15, 0.2) is 59.5 Å². The molecule has 29 heavy (non-hydrogen) atoms. The van der Waals surface area contributed by atoms with E-state index >= 15 is 0 Å². The molecule has 1 amide bonds. The first kappa shape index (κ1) is 21.3. The number of carbonyl (C=O) groups is 1. The molecule has 1 aliphatic rings. The van der Waals surface area contributed by atoms with Gasteiger partial charge in [-0.1, -0.05) is 35.9 Å². The third kappa shape index (κ3) is 5.58. The van der Waals surface area contributed by atoms with Gasteiger partial charge in [0.15, 0.2) is 0 Å². The molecule has 0 unspecified atom stereocenters. The average Bonchev–Trinajstić information content (AvgIpc) is 2.73. The van der Waals surface area contributed by atoms with Gasteiger partial charge in [0.2, 0.25) is 15.9 Å². The smallest absolute Gasteiger partial charge is 0.243 e. The van der Waals surface area contributed by atoms with Gasteiger partial charge in [0.05, 0.1) is 10.9 Å². The maximum absolute atomic E-state index is 12.8. The van der Waals surface area contributed by atoms with E-state index in [1.54, 1.807) is 24.3 Å². The molecule has 0 aromatic heterocycles. The van der Waals surface area contributed by atoms with Gasteiger partial charge >= 0.3 is 0 Å². The van der Waals surface area contributed by atoms with Crippen molar-refractivity contribution < 1.29 is 17.9 Å². The minimum Gasteiger partial charge on any atom is -0.491 e. The number of carbonyl (C=O) groups excluding carboxylic acids is 1. The van der Waals surface area contributed by atoms with Crippen molar-refractivity contribution in [1.82, 2.24) is 9.62 Å². The summed E-state index contributed by atoms with van der Waals surface area (Å²) in [7, 11) is -3.51. The maximum atomic E-state index is 12.8. The second kappa shape index (κ2) is 9.41. The highest BCUT2D eigenvalue weighted by molar-refractivity contribution is 7.89. The Kier molecular flexibility index (Phi) is 6.92. The highest BCUT2D eigenvalue weighted by Gasteiger charge is 2.32. The van der Waals surface area contributed by atoms with Gasteiger partial charge in [-0.15, -0.1) is 0 Å². The van der Waals surface area contributed by atoms with Crippen LogP contribution < -0.4 is 10.1 Å². The van der Waals surface area contributed by atoms with Crippen LogP contribution in [0, 0.1) is 12.8 Å². The lowest BCUT2D eigenvalue weighted by Crippen LogP contribution is -2.45. The predicted octanol–water partition coefficient (Wildman–Crippen LogP) is 2.98. The van der Waals surface area contributed by atoms with E-state index in [1.807, 2.05) is 44.2 Å². The van der Waals surface area contributed by atoms with Crippen LogP contribution in [0.2, 0.25) is 0 Å². The summed E-state index contributed by atoms with van der Waals surface area (Å²) in [5, 5.41) is 2.98. The lowest BCUT2D eigenvalue weighted by molar-refractivity contribution is -0.126. The number of hydrogen-bond acceptors (Lipinski definition) is 4. The van der Waals surface area contributed by atoms with E-state index < -0.39 is 10.0 Å². The third-order valence-corrected chi connectivity index (χ3v) is 7.03. The molecule has 0 saturated carbocycles. The Bertz CT molecular complexity index is 906. The van der Waals surface area contributed by atoms with Crippen molar-refractivity contribution in [3.63, 3.8) is 0 Å². The van der Waals surface area contributed by atoms with Gasteiger partial charge in [-0.05, 0) is 51.0 Å². The number of amides is 1. The Morgan fingerprint density at radius 3 is 2.34 bits per heavy atom. The molecule has 0 aliphatic carbocycles. The topological polar surface area (TPSA) is 75.7 Å². The lowest BCUT2D eigenvalue weighted by atomic mass is 9.97. The normalized spacial score (nSPS) is 16.9. The van der Waals surface area contributed by atoms with Crippen LogP contribution in [-0.4, -0.2) is 44.4 Å². The highest BCUT2D eigenvalue weighted by Crippen LogP contribution is 2.24. The van der Waals surface area contributed by atoms with Crippen molar-refractivity contribution in [3.8, 4) is 5.75 Å². The molecule has 0 radical (unpaired) electrons. The van der Waals surface area contributed by atoms with Gasteiger partial charge in [0, 0.05) is 19.0 Å². The van der Waals surface area contributed by atoms with E-state index in [9.17, 15) is 13.2 Å². The molecule has 0 bridgehead atoms. The fourth-order valence-corrected chi connectivity index (χ4v) is 4.83. The number of benzene rings is 2. The molecule has 156 valence electrons. The van der Waals surface area contributed by atoms with Crippen molar-refractivity contribution in [3.05, 3.63) is 60.2 Å². The molecular weight excluding hydrogens is 388 g/mol. The van der Waals surface area contributed by atoms with Crippen LogP contribution in [0.25, 0.3) is 0 Å². The summed E-state index contributed by atoms with van der Waals surface area (Å²) in [4.78, 5) is 12.9. The zero-order valence-electron chi connectivity index (χ0n) is 16.9. The first-order valence-corrected chi connectivity index (χ1v) is 11.4. The molecule has 1 N–H and O–H groups in total. The van der Waals surface area contributed by atoms with Crippen LogP contribution >= 0.6 is 0 Å². The molecule has 1 saturated heterocycles. The van der Waals surface area contributed by atoms with Crippen LogP contribution in [0.5, 0.6) is 5.75 Å². The number of piperidine rings is 1. The van der Waals surface area contributed by atoms with Gasteiger partial charge in [0.25, 0.3) is 0 Å². The third-order valence-electron chi connectivity index (χ3n) is 5.12. The van der Waals surface area contributed by atoms with Gasteiger partial charge in [-0.2, -0.15) is 4.31 Å². The van der Waals surface area contributed by atoms with E-state index in [0.29, 0.717) is 37.4 Å². The summed E-state index contributed by atoms with van der Waals surface area (Å²) in [6, 6.07) is 16.2. The summed E-state index contributed by atoms with van der Waals surface area (Å²) in [5.41, 5.74) is 1.02. The molecule has 0 spiro atoms. The number of para-hydroxylation sites is 1. The van der Waals surface area contributed by atoms with Crippen molar-refractivity contribution in [2.24, 2.45) is 5.92 Å². The highest BCUT2D eigenvalue weighted by atomic mass is 32.2. The molecule has 7 heteroatoms. The average molecular weight is 417 g/mol. The fraction of sp³-hybridized carbons (Fsp3) is 0.409. The number of ether oxygens (including phenoxy) is 1. The molecule has 3 rings (SSSR count). The first-order valence-electron chi connectivity index (χ1n) is 9.91. The van der Waals surface area contributed by atoms with Crippen molar-refractivity contribution in [1.29, 1.82) is 0 Å². The Morgan fingerprint density at radius 1 is 1.10 bits per heavy atom. The summed E-state index contributed by atoms with van der Waals surface area (Å²) in [6.07, 6.45) is 1.03. The molecule has 1 fully saturated rings. The van der Waals surface area contributed by atoms with Gasteiger partial charge in [-0.25, -0.2) is 8.42 Å². The first-order chi connectivity index (χ1) is 13.9. The monoisotopic (exact) mass is 416 g/mol. The zero-order valence-corrected chi connectivity index (χ0v) is 17.7. The lowest BCUT2D eigenvalue weighted by Gasteiger charge is -2.31. The van der Waals surface area contributed by atoms with Crippen LogP contribution in [0.1, 0.15) is 25.3 Å². The second-order valence-electron chi connectivity index (χ2n) is 7.53. The van der Waals surface area contributed by atoms with Crippen LogP contribution in [-0.2, 0) is 14.8 Å². The molecular formula is C22H28N2O4S. The van der Waals surface area contributed by atoms with E-state index in [0.717, 1.165) is 11.3 Å². The number of nitrogens with one attached hydrogen (secondary N) is 1. The minimum atomic E-state index is -3.51. The van der Waals surface area contributed by atoms with Gasteiger partial charge in [-0.3, -0.25) is 4.79 Å².